The monoisotopic (exact) mass is 217 g/mol. The largest absolute Gasteiger partial charge is 0.249 e. The molecule has 0 bridgehead atoms. The Balaban J connectivity index is 2.85. The molecule has 1 rings (SSSR count). The van der Waals surface area contributed by atoms with Gasteiger partial charge in [0.25, 0.3) is 0 Å². The van der Waals surface area contributed by atoms with Crippen LogP contribution in [0, 0.1) is 6.92 Å². The van der Waals surface area contributed by atoms with Gasteiger partial charge in [0.1, 0.15) is 0 Å². The fourth-order valence-electron chi connectivity index (χ4n) is 0.591. The van der Waals surface area contributed by atoms with E-state index in [0.717, 1.165) is 15.9 Å². The first-order valence-electron chi connectivity index (χ1n) is 2.90. The molecule has 10 heavy (non-hydrogen) atoms. The van der Waals surface area contributed by atoms with Crippen LogP contribution in [0.25, 0.3) is 5.57 Å². The van der Waals surface area contributed by atoms with Crippen molar-refractivity contribution in [2.24, 2.45) is 0 Å². The lowest BCUT2D eigenvalue weighted by molar-refractivity contribution is 1.29. The first-order chi connectivity index (χ1) is 4.74. The van der Waals surface area contributed by atoms with Crippen molar-refractivity contribution < 1.29 is 0 Å². The summed E-state index contributed by atoms with van der Waals surface area (Å²) in [6.45, 7) is 5.88. The normalized spacial score (nSPS) is 9.80. The summed E-state index contributed by atoms with van der Waals surface area (Å²) in [5.41, 5.74) is 1.10. The molecular weight excluding hydrogens is 210 g/mol. The fourth-order valence-corrected chi connectivity index (χ4v) is 1.82. The molecule has 0 aromatic carbocycles. The van der Waals surface area contributed by atoms with E-state index in [-0.39, 0.29) is 0 Å². The molecule has 0 spiro atoms. The molecule has 0 aliphatic carbocycles. The molecule has 0 fully saturated rings. The molecule has 3 heteroatoms. The summed E-state index contributed by atoms with van der Waals surface area (Å²) >= 11 is 5.02. The van der Waals surface area contributed by atoms with Crippen LogP contribution in [-0.4, -0.2) is 10.3 Å². The molecule has 0 radical (unpaired) electrons. The van der Waals surface area contributed by atoms with Gasteiger partial charge in [0.2, 0.25) is 0 Å². The third kappa shape index (κ3) is 1.67. The van der Waals surface area contributed by atoms with Crippen LogP contribution >= 0.6 is 27.3 Å². The zero-order valence-electron chi connectivity index (χ0n) is 5.72. The average molecular weight is 218 g/mol. The van der Waals surface area contributed by atoms with Gasteiger partial charge < -0.3 is 0 Å². The lowest BCUT2D eigenvalue weighted by Crippen LogP contribution is -1.74. The van der Waals surface area contributed by atoms with E-state index in [1.54, 1.807) is 11.3 Å². The fraction of sp³-hybridized carbons (Fsp3) is 0.286. The van der Waals surface area contributed by atoms with Crippen molar-refractivity contribution in [2.45, 2.75) is 6.92 Å². The van der Waals surface area contributed by atoms with Crippen LogP contribution in [-0.2, 0) is 0 Å². The minimum absolute atomic E-state index is 0.828. The number of halogens is 1. The van der Waals surface area contributed by atoms with E-state index in [4.69, 9.17) is 0 Å². The van der Waals surface area contributed by atoms with Crippen LogP contribution in [0.1, 0.15) is 9.88 Å². The number of nitrogens with zero attached hydrogens (tertiary/aromatic N) is 1. The Morgan fingerprint density at radius 2 is 2.60 bits per heavy atom. The molecule has 0 N–H and O–H groups in total. The van der Waals surface area contributed by atoms with Gasteiger partial charge in [-0.15, -0.1) is 11.3 Å². The topological polar surface area (TPSA) is 12.9 Å². The number of aryl methyl sites for hydroxylation is 1. The molecule has 1 heterocycles. The first-order valence-corrected chi connectivity index (χ1v) is 4.84. The van der Waals surface area contributed by atoms with Crippen molar-refractivity contribution in [1.82, 2.24) is 4.98 Å². The third-order valence-electron chi connectivity index (χ3n) is 1.13. The van der Waals surface area contributed by atoms with Crippen molar-refractivity contribution in [3.63, 3.8) is 0 Å². The van der Waals surface area contributed by atoms with Crippen molar-refractivity contribution in [2.75, 3.05) is 5.33 Å². The molecule has 54 valence electrons. The van der Waals surface area contributed by atoms with Gasteiger partial charge in [0.15, 0.2) is 0 Å². The average Bonchev–Trinajstić information content (AvgIpc) is 2.34. The van der Waals surface area contributed by atoms with Crippen molar-refractivity contribution in [3.05, 3.63) is 22.7 Å². The summed E-state index contributed by atoms with van der Waals surface area (Å²) in [6, 6.07) is 0. The molecule has 0 amide bonds. The Kier molecular flexibility index (Phi) is 2.63. The van der Waals surface area contributed by atoms with E-state index in [9.17, 15) is 0 Å². The summed E-state index contributed by atoms with van der Waals surface area (Å²) in [4.78, 5) is 5.30. The van der Waals surface area contributed by atoms with Crippen molar-refractivity contribution in [1.29, 1.82) is 0 Å². The van der Waals surface area contributed by atoms with E-state index in [1.165, 1.54) is 4.88 Å². The minimum atomic E-state index is 0.828. The number of hydrogen-bond donors (Lipinski definition) is 0. The number of thiazole rings is 1. The standard InChI is InChI=1S/C7H8BrNS/c1-5(3-8)7-4-9-6(2)10-7/h4H,1,3H2,2H3. The summed E-state index contributed by atoms with van der Waals surface area (Å²) in [5, 5.41) is 1.92. The van der Waals surface area contributed by atoms with E-state index in [0.29, 0.717) is 0 Å². The highest BCUT2D eigenvalue weighted by Gasteiger charge is 1.99. The Bertz CT molecular complexity index is 242. The maximum atomic E-state index is 4.12. The summed E-state index contributed by atoms with van der Waals surface area (Å²) in [7, 11) is 0. The predicted octanol–water partition coefficient (Wildman–Crippen LogP) is 2.86. The Morgan fingerprint density at radius 3 is 3.00 bits per heavy atom. The van der Waals surface area contributed by atoms with Crippen LogP contribution in [0.2, 0.25) is 0 Å². The quantitative estimate of drug-likeness (QED) is 0.695. The molecule has 1 nitrogen and oxygen atoms in total. The maximum absolute atomic E-state index is 4.12. The van der Waals surface area contributed by atoms with Crippen LogP contribution in [0.15, 0.2) is 12.8 Å². The van der Waals surface area contributed by atoms with Crippen molar-refractivity contribution >= 4 is 32.8 Å². The van der Waals surface area contributed by atoms with Crippen LogP contribution in [0.3, 0.4) is 0 Å². The zero-order chi connectivity index (χ0) is 7.56. The highest BCUT2D eigenvalue weighted by molar-refractivity contribution is 9.09. The van der Waals surface area contributed by atoms with Crippen LogP contribution < -0.4 is 0 Å². The van der Waals surface area contributed by atoms with E-state index >= 15 is 0 Å². The number of aromatic nitrogens is 1. The molecule has 1 aromatic heterocycles. The molecule has 0 saturated carbocycles. The van der Waals surface area contributed by atoms with Gasteiger partial charge in [0.05, 0.1) is 9.88 Å². The number of allylic oxidation sites excluding steroid dienone is 1. The molecule has 0 atom stereocenters. The van der Waals surface area contributed by atoms with Crippen molar-refractivity contribution in [3.8, 4) is 0 Å². The second-order valence-electron chi connectivity index (χ2n) is 1.98. The lowest BCUT2D eigenvalue weighted by Gasteiger charge is -1.91. The van der Waals surface area contributed by atoms with Gasteiger partial charge in [-0.1, -0.05) is 22.5 Å². The maximum Gasteiger partial charge on any atom is 0.0900 e. The van der Waals surface area contributed by atoms with Gasteiger partial charge >= 0.3 is 0 Å². The second-order valence-corrected chi connectivity index (χ2v) is 3.78. The van der Waals surface area contributed by atoms with Gasteiger partial charge in [-0.25, -0.2) is 4.98 Å². The molecular formula is C7H8BrNS. The predicted molar refractivity (Wildman–Crippen MR) is 49.7 cm³/mol. The van der Waals surface area contributed by atoms with Crippen LogP contribution in [0.5, 0.6) is 0 Å². The van der Waals surface area contributed by atoms with E-state index in [1.807, 2.05) is 13.1 Å². The van der Waals surface area contributed by atoms with Gasteiger partial charge in [0, 0.05) is 11.5 Å². The summed E-state index contributed by atoms with van der Waals surface area (Å²) in [6.07, 6.45) is 1.86. The highest BCUT2D eigenvalue weighted by atomic mass is 79.9. The number of alkyl halides is 1. The summed E-state index contributed by atoms with van der Waals surface area (Å²) in [5.74, 6) is 0. The van der Waals surface area contributed by atoms with Gasteiger partial charge in [-0.2, -0.15) is 0 Å². The lowest BCUT2D eigenvalue weighted by atomic mass is 10.3. The SMILES string of the molecule is C=C(CBr)c1cnc(C)s1. The molecule has 0 aliphatic rings. The van der Waals surface area contributed by atoms with E-state index < -0.39 is 0 Å². The van der Waals surface area contributed by atoms with Gasteiger partial charge in [-0.05, 0) is 12.5 Å². The molecule has 0 aliphatic heterocycles. The Labute approximate surface area is 72.9 Å². The molecule has 0 saturated heterocycles. The smallest absolute Gasteiger partial charge is 0.0900 e. The third-order valence-corrected chi connectivity index (χ3v) is 2.82. The first kappa shape index (κ1) is 7.95. The summed E-state index contributed by atoms with van der Waals surface area (Å²) < 4.78 is 0. The second kappa shape index (κ2) is 3.30. The Morgan fingerprint density at radius 1 is 1.90 bits per heavy atom. The molecule has 0 unspecified atom stereocenters. The Hall–Kier alpha value is -0.150. The number of rotatable bonds is 2. The number of hydrogen-bond acceptors (Lipinski definition) is 2. The minimum Gasteiger partial charge on any atom is -0.249 e. The van der Waals surface area contributed by atoms with E-state index in [2.05, 4.69) is 27.5 Å². The van der Waals surface area contributed by atoms with Crippen LogP contribution in [0.4, 0.5) is 0 Å². The zero-order valence-corrected chi connectivity index (χ0v) is 8.13. The highest BCUT2D eigenvalue weighted by Crippen LogP contribution is 2.20. The molecule has 1 aromatic rings. The van der Waals surface area contributed by atoms with Gasteiger partial charge in [-0.3, -0.25) is 0 Å².